The van der Waals surface area contributed by atoms with Crippen LogP contribution in [0.25, 0.3) is 11.1 Å². The highest BCUT2D eigenvalue weighted by Gasteiger charge is 2.38. The zero-order chi connectivity index (χ0) is 17.1. The maximum atomic E-state index is 12.9. The number of nitrogens with zero attached hydrogens (tertiary/aromatic N) is 1. The van der Waals surface area contributed by atoms with Crippen LogP contribution in [-0.4, -0.2) is 11.7 Å². The van der Waals surface area contributed by atoms with Gasteiger partial charge < -0.3 is 5.32 Å². The van der Waals surface area contributed by atoms with E-state index in [0.29, 0.717) is 5.69 Å². The summed E-state index contributed by atoms with van der Waals surface area (Å²) in [4.78, 5) is 24.0. The summed E-state index contributed by atoms with van der Waals surface area (Å²) in [5.41, 5.74) is 2.24. The van der Waals surface area contributed by atoms with Gasteiger partial charge in [0.1, 0.15) is 5.82 Å². The minimum absolute atomic E-state index is 0.138. The van der Waals surface area contributed by atoms with E-state index in [0.717, 1.165) is 24.0 Å². The van der Waals surface area contributed by atoms with E-state index in [4.69, 9.17) is 5.26 Å². The number of anilines is 1. The normalized spacial score (nSPS) is 14.5. The molecule has 0 spiro atoms. The lowest BCUT2D eigenvalue weighted by Gasteiger charge is -2.10. The van der Waals surface area contributed by atoms with Gasteiger partial charge >= 0.3 is 0 Å². The first-order valence-electron chi connectivity index (χ1n) is 7.68. The van der Waals surface area contributed by atoms with Gasteiger partial charge in [0.25, 0.3) is 0 Å². The molecule has 0 heterocycles. The highest BCUT2D eigenvalue weighted by molar-refractivity contribution is 6.10. The third-order valence-electron chi connectivity index (χ3n) is 3.99. The quantitative estimate of drug-likeness (QED) is 0.856. The topological polar surface area (TPSA) is 70.0 Å². The Kier molecular flexibility index (Phi) is 4.39. The minimum atomic E-state index is -1.26. The lowest BCUT2D eigenvalue weighted by molar-refractivity contribution is -0.129. The Hall–Kier alpha value is -3.00. The van der Waals surface area contributed by atoms with Gasteiger partial charge in [0.05, 0.1) is 6.07 Å². The summed E-state index contributed by atoms with van der Waals surface area (Å²) < 4.78 is 12.9. The monoisotopic (exact) mass is 322 g/mol. The molecule has 0 bridgehead atoms. The van der Waals surface area contributed by atoms with E-state index >= 15 is 0 Å². The number of hydrogen-bond acceptors (Lipinski definition) is 3. The standard InChI is InChI=1S/C19H15FN2O2/c20-15-7-3-12(4-8-15)13-5-9-16(10-6-13)22-19(24)17(11-21)18(23)14-1-2-14/h3-10,14,17H,1-2H2,(H,22,24). The molecular formula is C19H15FN2O2. The van der Waals surface area contributed by atoms with Crippen LogP contribution >= 0.6 is 0 Å². The Balaban J connectivity index is 1.69. The molecule has 1 aliphatic rings. The number of halogens is 1. The fraction of sp³-hybridized carbons (Fsp3) is 0.211. The molecule has 4 nitrogen and oxygen atoms in total. The zero-order valence-corrected chi connectivity index (χ0v) is 12.8. The number of nitriles is 1. The van der Waals surface area contributed by atoms with E-state index in [1.165, 1.54) is 12.1 Å². The first kappa shape index (κ1) is 15.9. The molecule has 1 fully saturated rings. The molecule has 24 heavy (non-hydrogen) atoms. The molecule has 0 aliphatic heterocycles. The van der Waals surface area contributed by atoms with Crippen LogP contribution in [0.5, 0.6) is 0 Å². The van der Waals surface area contributed by atoms with E-state index in [-0.39, 0.29) is 17.5 Å². The van der Waals surface area contributed by atoms with Crippen LogP contribution in [0.2, 0.25) is 0 Å². The summed E-state index contributed by atoms with van der Waals surface area (Å²) in [6.45, 7) is 0. The number of hydrogen-bond donors (Lipinski definition) is 1. The number of Topliss-reactive ketones (excluding diaryl/α,β-unsaturated/α-hetero) is 1. The van der Waals surface area contributed by atoms with Gasteiger partial charge in [-0.2, -0.15) is 5.26 Å². The Morgan fingerprint density at radius 3 is 2.08 bits per heavy atom. The number of amides is 1. The van der Waals surface area contributed by atoms with Gasteiger partial charge in [-0.3, -0.25) is 9.59 Å². The second-order valence-corrected chi connectivity index (χ2v) is 5.81. The Morgan fingerprint density at radius 2 is 1.58 bits per heavy atom. The van der Waals surface area contributed by atoms with Gasteiger partial charge in [-0.1, -0.05) is 24.3 Å². The van der Waals surface area contributed by atoms with Crippen molar-refractivity contribution in [2.45, 2.75) is 12.8 Å². The Labute approximate surface area is 138 Å². The average molecular weight is 322 g/mol. The maximum absolute atomic E-state index is 12.9. The number of nitrogens with one attached hydrogen (secondary N) is 1. The van der Waals surface area contributed by atoms with Gasteiger partial charge in [0, 0.05) is 11.6 Å². The number of ketones is 1. The maximum Gasteiger partial charge on any atom is 0.249 e. The summed E-state index contributed by atoms with van der Waals surface area (Å²) in [6, 6.07) is 14.8. The third-order valence-corrected chi connectivity index (χ3v) is 3.99. The lowest BCUT2D eigenvalue weighted by Crippen LogP contribution is -2.29. The van der Waals surface area contributed by atoms with Crippen molar-refractivity contribution >= 4 is 17.4 Å². The summed E-state index contributed by atoms with van der Waals surface area (Å²) >= 11 is 0. The number of carbonyl (C=O) groups excluding carboxylic acids is 2. The molecule has 0 saturated heterocycles. The molecule has 1 aliphatic carbocycles. The minimum Gasteiger partial charge on any atom is -0.325 e. The molecule has 1 saturated carbocycles. The summed E-state index contributed by atoms with van der Waals surface area (Å²) in [7, 11) is 0. The zero-order valence-electron chi connectivity index (χ0n) is 12.8. The molecule has 120 valence electrons. The lowest BCUT2D eigenvalue weighted by atomic mass is 10.0. The molecule has 5 heteroatoms. The molecule has 1 N–H and O–H groups in total. The molecule has 2 aromatic rings. The van der Waals surface area contributed by atoms with Crippen LogP contribution in [0.15, 0.2) is 48.5 Å². The average Bonchev–Trinajstić information content (AvgIpc) is 3.42. The molecule has 1 unspecified atom stereocenters. The van der Waals surface area contributed by atoms with Crippen molar-refractivity contribution < 1.29 is 14.0 Å². The van der Waals surface area contributed by atoms with Crippen LogP contribution in [0.3, 0.4) is 0 Å². The Bertz CT molecular complexity index is 803. The second kappa shape index (κ2) is 6.63. The molecule has 0 radical (unpaired) electrons. The Morgan fingerprint density at radius 1 is 1.04 bits per heavy atom. The van der Waals surface area contributed by atoms with E-state index in [1.807, 2.05) is 0 Å². The van der Waals surface area contributed by atoms with Crippen LogP contribution in [0, 0.1) is 29.0 Å². The van der Waals surface area contributed by atoms with Crippen molar-refractivity contribution in [2.24, 2.45) is 11.8 Å². The van der Waals surface area contributed by atoms with E-state index in [2.05, 4.69) is 5.32 Å². The smallest absolute Gasteiger partial charge is 0.249 e. The van der Waals surface area contributed by atoms with E-state index in [9.17, 15) is 14.0 Å². The van der Waals surface area contributed by atoms with Gasteiger partial charge in [-0.05, 0) is 48.2 Å². The molecule has 0 aromatic heterocycles. The van der Waals surface area contributed by atoms with Crippen molar-refractivity contribution in [3.63, 3.8) is 0 Å². The highest BCUT2D eigenvalue weighted by Crippen LogP contribution is 2.32. The predicted molar refractivity (Wildman–Crippen MR) is 87.3 cm³/mol. The summed E-state index contributed by atoms with van der Waals surface area (Å²) in [5.74, 6) is -2.58. The van der Waals surface area contributed by atoms with Crippen LogP contribution in [0.4, 0.5) is 10.1 Å². The second-order valence-electron chi connectivity index (χ2n) is 5.81. The van der Waals surface area contributed by atoms with Crippen molar-refractivity contribution in [2.75, 3.05) is 5.32 Å². The summed E-state index contributed by atoms with van der Waals surface area (Å²) in [5, 5.41) is 11.7. The van der Waals surface area contributed by atoms with Gasteiger partial charge in [-0.15, -0.1) is 0 Å². The molecule has 1 amide bonds. The van der Waals surface area contributed by atoms with Gasteiger partial charge in [0.15, 0.2) is 11.7 Å². The molecule has 3 rings (SSSR count). The van der Waals surface area contributed by atoms with Gasteiger partial charge in [0.2, 0.25) is 5.91 Å². The first-order valence-corrected chi connectivity index (χ1v) is 7.68. The van der Waals surface area contributed by atoms with Crippen molar-refractivity contribution in [1.82, 2.24) is 0 Å². The fourth-order valence-electron chi connectivity index (χ4n) is 2.46. The largest absolute Gasteiger partial charge is 0.325 e. The number of carbonyl (C=O) groups is 2. The number of benzene rings is 2. The SMILES string of the molecule is N#CC(C(=O)Nc1ccc(-c2ccc(F)cc2)cc1)C(=O)C1CC1. The third kappa shape index (κ3) is 3.49. The van der Waals surface area contributed by atoms with Crippen LogP contribution in [-0.2, 0) is 9.59 Å². The molecule has 2 aromatic carbocycles. The summed E-state index contributed by atoms with van der Waals surface area (Å²) in [6.07, 6.45) is 1.52. The fourth-order valence-corrected chi connectivity index (χ4v) is 2.46. The highest BCUT2D eigenvalue weighted by atomic mass is 19.1. The van der Waals surface area contributed by atoms with E-state index in [1.54, 1.807) is 42.5 Å². The molecule has 1 atom stereocenters. The predicted octanol–water partition coefficient (Wildman–Crippen LogP) is 3.55. The van der Waals surface area contributed by atoms with E-state index < -0.39 is 11.8 Å². The molecular weight excluding hydrogens is 307 g/mol. The first-order chi connectivity index (χ1) is 11.6. The van der Waals surface area contributed by atoms with Gasteiger partial charge in [-0.25, -0.2) is 4.39 Å². The number of rotatable bonds is 5. The van der Waals surface area contributed by atoms with Crippen molar-refractivity contribution in [3.05, 3.63) is 54.3 Å². The van der Waals surface area contributed by atoms with Crippen molar-refractivity contribution in [1.29, 1.82) is 5.26 Å². The van der Waals surface area contributed by atoms with Crippen LogP contribution in [0.1, 0.15) is 12.8 Å². The van der Waals surface area contributed by atoms with Crippen LogP contribution < -0.4 is 5.32 Å². The van der Waals surface area contributed by atoms with Crippen molar-refractivity contribution in [3.8, 4) is 17.2 Å².